The molecule has 0 aliphatic heterocycles. The first-order valence-electron chi connectivity index (χ1n) is 20.9. The van der Waals surface area contributed by atoms with E-state index in [1.165, 1.54) is 103 Å². The molecule has 9 heteroatoms. The summed E-state index contributed by atoms with van der Waals surface area (Å²) >= 11 is 0. The Morgan fingerprint density at radius 3 is 1.57 bits per heavy atom. The van der Waals surface area contributed by atoms with Gasteiger partial charge in [0.15, 0.2) is 0 Å². The summed E-state index contributed by atoms with van der Waals surface area (Å²) in [6, 6.07) is -0.864. The number of amides is 1. The highest BCUT2D eigenvalue weighted by atomic mass is 31.2. The fourth-order valence-electron chi connectivity index (χ4n) is 5.70. The van der Waals surface area contributed by atoms with Gasteiger partial charge in [-0.3, -0.25) is 13.8 Å². The van der Waals surface area contributed by atoms with Crippen LogP contribution in [-0.2, 0) is 18.4 Å². The zero-order valence-corrected chi connectivity index (χ0v) is 34.7. The number of aliphatic hydroxyl groups excluding tert-OH is 1. The second-order valence-electron chi connectivity index (χ2n) is 15.4. The molecule has 1 amide bonds. The van der Waals surface area contributed by atoms with Crippen LogP contribution in [0.3, 0.4) is 0 Å². The van der Waals surface area contributed by atoms with E-state index in [-0.39, 0.29) is 19.1 Å². The minimum Gasteiger partial charge on any atom is -0.387 e. The van der Waals surface area contributed by atoms with E-state index < -0.39 is 20.0 Å². The van der Waals surface area contributed by atoms with Crippen LogP contribution in [0.1, 0.15) is 174 Å². The molecule has 0 aromatic rings. The number of phosphoric acid groups is 1. The molecule has 3 N–H and O–H groups in total. The lowest BCUT2D eigenvalue weighted by atomic mass is 10.1. The van der Waals surface area contributed by atoms with Crippen LogP contribution in [0.4, 0.5) is 0 Å². The molecule has 51 heavy (non-hydrogen) atoms. The molecule has 1 unspecified atom stereocenters. The van der Waals surface area contributed by atoms with Crippen molar-refractivity contribution in [1.29, 1.82) is 0 Å². The van der Waals surface area contributed by atoms with Gasteiger partial charge < -0.3 is 19.8 Å². The maximum absolute atomic E-state index is 12.8. The van der Waals surface area contributed by atoms with Crippen molar-refractivity contribution in [3.63, 3.8) is 0 Å². The van der Waals surface area contributed by atoms with Crippen LogP contribution in [0.5, 0.6) is 0 Å². The summed E-state index contributed by atoms with van der Waals surface area (Å²) in [5.74, 6) is -0.198. The highest BCUT2D eigenvalue weighted by Gasteiger charge is 2.27. The number of allylic oxidation sites excluding steroid dienone is 5. The van der Waals surface area contributed by atoms with Crippen molar-refractivity contribution in [3.05, 3.63) is 36.5 Å². The molecule has 0 bridgehead atoms. The van der Waals surface area contributed by atoms with E-state index in [2.05, 4.69) is 43.5 Å². The predicted molar refractivity (Wildman–Crippen MR) is 217 cm³/mol. The van der Waals surface area contributed by atoms with Gasteiger partial charge in [0.2, 0.25) is 5.91 Å². The molecule has 0 aliphatic rings. The van der Waals surface area contributed by atoms with Crippen molar-refractivity contribution in [3.8, 4) is 0 Å². The van der Waals surface area contributed by atoms with E-state index in [4.69, 9.17) is 9.05 Å². The molecule has 0 aromatic carbocycles. The first kappa shape index (κ1) is 49.7. The average molecular weight is 742 g/mol. The maximum atomic E-state index is 12.8. The lowest BCUT2D eigenvalue weighted by molar-refractivity contribution is -0.870. The molecule has 0 radical (unpaired) electrons. The van der Waals surface area contributed by atoms with Crippen molar-refractivity contribution < 1.29 is 32.9 Å². The fourth-order valence-corrected chi connectivity index (χ4v) is 6.43. The summed E-state index contributed by atoms with van der Waals surface area (Å²) in [7, 11) is 1.55. The minimum absolute atomic E-state index is 0.0544. The lowest BCUT2D eigenvalue weighted by Gasteiger charge is -2.25. The summed E-state index contributed by atoms with van der Waals surface area (Å²) in [5, 5.41) is 13.8. The molecular weight excluding hydrogens is 659 g/mol. The minimum atomic E-state index is -4.34. The van der Waals surface area contributed by atoms with E-state index in [9.17, 15) is 19.4 Å². The Labute approximate surface area is 315 Å². The summed E-state index contributed by atoms with van der Waals surface area (Å²) in [4.78, 5) is 23.0. The Balaban J connectivity index is 4.55. The number of likely N-dealkylation sites (N-methyl/N-ethyl adjacent to an activating group) is 1. The van der Waals surface area contributed by atoms with E-state index in [0.717, 1.165) is 51.4 Å². The SMILES string of the molecule is CCCCCCC/C=C/CCCCCCCC(=O)N[C@@H](COP(=O)(O)OCC[N+](C)(C)C)[C@H](O)/C=C/CC/C=C/CCCCCCCCCCC. The van der Waals surface area contributed by atoms with Gasteiger partial charge in [-0.1, -0.05) is 147 Å². The molecule has 0 aliphatic carbocycles. The smallest absolute Gasteiger partial charge is 0.387 e. The second-order valence-corrected chi connectivity index (χ2v) is 16.8. The number of phosphoric ester groups is 1. The standard InChI is InChI=1S/C42H81N2O6P/c1-6-8-10-12-14-16-18-20-22-23-25-27-29-31-33-35-41(45)40(39-50-51(47,48)49-38-37-44(3,4)5)43-42(46)36-34-32-30-28-26-24-21-19-17-15-13-11-9-7-2/h19,21,25,27,33,35,40-41,45H,6-18,20,22-24,26,28-32,34,36-39H2,1-5H3,(H-,43,46,47,48)/p+1/b21-19+,27-25+,35-33+/t40-,41+/m0/s1. The second kappa shape index (κ2) is 34.5. The number of rotatable bonds is 37. The summed E-state index contributed by atoms with van der Waals surface area (Å²) in [5.41, 5.74) is 0. The molecular formula is C42H82N2O6P+. The summed E-state index contributed by atoms with van der Waals surface area (Å²) in [6.07, 6.45) is 40.6. The number of hydrogen-bond donors (Lipinski definition) is 3. The highest BCUT2D eigenvalue weighted by molar-refractivity contribution is 7.47. The third kappa shape index (κ3) is 36.9. The van der Waals surface area contributed by atoms with E-state index in [1.807, 2.05) is 27.2 Å². The van der Waals surface area contributed by atoms with Gasteiger partial charge in [0, 0.05) is 6.42 Å². The molecule has 0 aromatic heterocycles. The highest BCUT2D eigenvalue weighted by Crippen LogP contribution is 2.43. The van der Waals surface area contributed by atoms with Crippen LogP contribution in [0, 0.1) is 0 Å². The van der Waals surface area contributed by atoms with Crippen molar-refractivity contribution in [1.82, 2.24) is 5.32 Å². The van der Waals surface area contributed by atoms with Crippen LogP contribution in [0.2, 0.25) is 0 Å². The molecule has 0 heterocycles. The maximum Gasteiger partial charge on any atom is 0.472 e. The zero-order valence-electron chi connectivity index (χ0n) is 33.8. The van der Waals surface area contributed by atoms with Crippen LogP contribution < -0.4 is 5.32 Å². The largest absolute Gasteiger partial charge is 0.472 e. The average Bonchev–Trinajstić information content (AvgIpc) is 3.07. The fraction of sp³-hybridized carbons (Fsp3) is 0.833. The number of nitrogens with one attached hydrogen (secondary N) is 1. The third-order valence-electron chi connectivity index (χ3n) is 9.08. The van der Waals surface area contributed by atoms with Gasteiger partial charge in [-0.15, -0.1) is 0 Å². The van der Waals surface area contributed by atoms with Crippen LogP contribution >= 0.6 is 7.82 Å². The molecule has 0 spiro atoms. The van der Waals surface area contributed by atoms with Gasteiger partial charge in [0.1, 0.15) is 13.2 Å². The molecule has 0 rings (SSSR count). The molecule has 3 atom stereocenters. The summed E-state index contributed by atoms with van der Waals surface area (Å²) < 4.78 is 23.5. The topological polar surface area (TPSA) is 105 Å². The number of carbonyl (C=O) groups is 1. The van der Waals surface area contributed by atoms with E-state index in [0.29, 0.717) is 17.4 Å². The number of unbranched alkanes of at least 4 members (excludes halogenated alkanes) is 20. The Kier molecular flexibility index (Phi) is 33.6. The first-order chi connectivity index (χ1) is 24.5. The monoisotopic (exact) mass is 742 g/mol. The first-order valence-corrected chi connectivity index (χ1v) is 22.4. The predicted octanol–water partition coefficient (Wildman–Crippen LogP) is 11.1. The normalized spacial score (nSPS) is 14.9. The van der Waals surface area contributed by atoms with Crippen LogP contribution in [0.15, 0.2) is 36.5 Å². The molecule has 300 valence electrons. The molecule has 0 fully saturated rings. The number of nitrogens with zero attached hydrogens (tertiary/aromatic N) is 1. The Morgan fingerprint density at radius 2 is 1.08 bits per heavy atom. The van der Waals surface area contributed by atoms with E-state index >= 15 is 0 Å². The quantitative estimate of drug-likeness (QED) is 0.0253. The molecule has 0 saturated carbocycles. The van der Waals surface area contributed by atoms with Crippen molar-refractivity contribution in [2.24, 2.45) is 0 Å². The Bertz CT molecular complexity index is 933. The van der Waals surface area contributed by atoms with Crippen LogP contribution in [-0.4, -0.2) is 73.4 Å². The number of hydrogen-bond acceptors (Lipinski definition) is 5. The Hall–Kier alpha value is -1.28. The Morgan fingerprint density at radius 1 is 0.647 bits per heavy atom. The summed E-state index contributed by atoms with van der Waals surface area (Å²) in [6.45, 7) is 4.76. The third-order valence-corrected chi connectivity index (χ3v) is 10.1. The van der Waals surface area contributed by atoms with Crippen molar-refractivity contribution >= 4 is 13.7 Å². The van der Waals surface area contributed by atoms with Gasteiger partial charge >= 0.3 is 7.82 Å². The van der Waals surface area contributed by atoms with Gasteiger partial charge in [0.25, 0.3) is 0 Å². The number of aliphatic hydroxyl groups is 1. The van der Waals surface area contributed by atoms with Gasteiger partial charge in [-0.25, -0.2) is 4.57 Å². The molecule has 0 saturated heterocycles. The molecule has 8 nitrogen and oxygen atoms in total. The van der Waals surface area contributed by atoms with Crippen molar-refractivity contribution in [2.75, 3.05) is 40.9 Å². The van der Waals surface area contributed by atoms with Crippen LogP contribution in [0.25, 0.3) is 0 Å². The number of quaternary nitrogens is 1. The van der Waals surface area contributed by atoms with E-state index in [1.54, 1.807) is 6.08 Å². The number of carbonyl (C=O) groups excluding carboxylic acids is 1. The lowest BCUT2D eigenvalue weighted by Crippen LogP contribution is -2.45. The zero-order chi connectivity index (χ0) is 37.9. The van der Waals surface area contributed by atoms with Gasteiger partial charge in [0.05, 0.1) is 39.9 Å². The van der Waals surface area contributed by atoms with Crippen molar-refractivity contribution in [2.45, 2.75) is 187 Å². The van der Waals surface area contributed by atoms with Gasteiger partial charge in [-0.2, -0.15) is 0 Å². The van der Waals surface area contributed by atoms with Gasteiger partial charge in [-0.05, 0) is 57.8 Å².